The zero-order valence-electron chi connectivity index (χ0n) is 41.4. The number of rotatable bonds is 45. The Balaban J connectivity index is 2.17. The number of hydrogen-bond donors (Lipinski definition) is 6. The zero-order valence-corrected chi connectivity index (χ0v) is 41.4. The van der Waals surface area contributed by atoms with Gasteiger partial charge in [0.15, 0.2) is 6.29 Å². The maximum absolute atomic E-state index is 13.0. The molecule has 6 N–H and O–H groups in total. The van der Waals surface area contributed by atoms with E-state index in [9.17, 15) is 35.1 Å². The molecule has 11 heteroatoms. The normalized spacial score (nSPS) is 20.0. The van der Waals surface area contributed by atoms with Crippen molar-refractivity contribution in [2.75, 3.05) is 19.8 Å². The summed E-state index contributed by atoms with van der Waals surface area (Å²) in [5.41, 5.74) is 0. The van der Waals surface area contributed by atoms with E-state index in [4.69, 9.17) is 14.2 Å². The van der Waals surface area contributed by atoms with Crippen LogP contribution < -0.4 is 5.32 Å². The highest BCUT2D eigenvalue weighted by Gasteiger charge is 2.44. The Bertz CT molecular complexity index is 1180. The molecular weight excluding hydrogens is 823 g/mol. The van der Waals surface area contributed by atoms with Crippen molar-refractivity contribution in [1.82, 2.24) is 5.32 Å². The first-order chi connectivity index (χ1) is 31.7. The van der Waals surface area contributed by atoms with Crippen LogP contribution in [0.3, 0.4) is 0 Å². The van der Waals surface area contributed by atoms with Gasteiger partial charge in [-0.15, -0.1) is 0 Å². The number of amides is 1. The molecule has 0 spiro atoms. The van der Waals surface area contributed by atoms with Crippen molar-refractivity contribution in [3.63, 3.8) is 0 Å². The summed E-state index contributed by atoms with van der Waals surface area (Å²) in [7, 11) is 0. The van der Waals surface area contributed by atoms with Gasteiger partial charge in [-0.2, -0.15) is 0 Å². The second kappa shape index (κ2) is 44.4. The maximum Gasteiger partial charge on any atom is 0.305 e. The van der Waals surface area contributed by atoms with E-state index in [1.165, 1.54) is 122 Å². The molecule has 380 valence electrons. The van der Waals surface area contributed by atoms with Crippen LogP contribution in [0.5, 0.6) is 0 Å². The van der Waals surface area contributed by atoms with E-state index in [0.717, 1.165) is 83.5 Å². The minimum Gasteiger partial charge on any atom is -0.466 e. The Hall–Kier alpha value is -2.12. The van der Waals surface area contributed by atoms with Gasteiger partial charge in [0.05, 0.1) is 32.0 Å². The van der Waals surface area contributed by atoms with Gasteiger partial charge in [-0.05, 0) is 51.4 Å². The van der Waals surface area contributed by atoms with Crippen LogP contribution in [0.2, 0.25) is 0 Å². The summed E-state index contributed by atoms with van der Waals surface area (Å²) < 4.78 is 16.6. The topological polar surface area (TPSA) is 175 Å². The molecule has 0 aliphatic carbocycles. The maximum atomic E-state index is 13.0. The van der Waals surface area contributed by atoms with Crippen LogP contribution in [0.15, 0.2) is 36.5 Å². The number of allylic oxidation sites excluding steroid dienone is 5. The fourth-order valence-corrected chi connectivity index (χ4v) is 8.16. The third kappa shape index (κ3) is 34.8. The van der Waals surface area contributed by atoms with Gasteiger partial charge in [0.2, 0.25) is 5.91 Å². The third-order valence-electron chi connectivity index (χ3n) is 12.5. The van der Waals surface area contributed by atoms with Crippen molar-refractivity contribution in [2.45, 2.75) is 275 Å². The zero-order chi connectivity index (χ0) is 47.4. The van der Waals surface area contributed by atoms with Crippen LogP contribution in [-0.2, 0) is 23.8 Å². The number of aliphatic hydroxyl groups excluding tert-OH is 5. The van der Waals surface area contributed by atoms with Crippen molar-refractivity contribution in [1.29, 1.82) is 0 Å². The molecule has 0 saturated carbocycles. The Labute approximate surface area is 396 Å². The highest BCUT2D eigenvalue weighted by Crippen LogP contribution is 2.23. The minimum atomic E-state index is -1.58. The molecule has 7 unspecified atom stereocenters. The van der Waals surface area contributed by atoms with Crippen molar-refractivity contribution >= 4 is 11.9 Å². The van der Waals surface area contributed by atoms with Crippen molar-refractivity contribution < 1.29 is 49.3 Å². The Morgan fingerprint density at radius 1 is 0.554 bits per heavy atom. The first kappa shape index (κ1) is 60.9. The lowest BCUT2D eigenvalue weighted by Gasteiger charge is -2.40. The van der Waals surface area contributed by atoms with Crippen molar-refractivity contribution in [3.8, 4) is 0 Å². The molecule has 11 nitrogen and oxygen atoms in total. The van der Waals surface area contributed by atoms with E-state index in [1.54, 1.807) is 6.08 Å². The van der Waals surface area contributed by atoms with Gasteiger partial charge in [0.1, 0.15) is 24.4 Å². The summed E-state index contributed by atoms with van der Waals surface area (Å²) in [6, 6.07) is -0.841. The number of hydrogen-bond acceptors (Lipinski definition) is 10. The number of ether oxygens (including phenoxy) is 3. The quantitative estimate of drug-likeness (QED) is 0.0196. The van der Waals surface area contributed by atoms with Crippen LogP contribution in [0.4, 0.5) is 0 Å². The molecule has 1 heterocycles. The molecule has 1 amide bonds. The number of aliphatic hydroxyl groups is 5. The van der Waals surface area contributed by atoms with E-state index in [1.807, 2.05) is 6.08 Å². The molecular formula is C54H99NO10. The second-order valence-corrected chi connectivity index (χ2v) is 18.6. The Morgan fingerprint density at radius 2 is 1.00 bits per heavy atom. The molecule has 7 atom stereocenters. The highest BCUT2D eigenvalue weighted by molar-refractivity contribution is 5.76. The van der Waals surface area contributed by atoms with Crippen LogP contribution in [0, 0.1) is 0 Å². The van der Waals surface area contributed by atoms with Gasteiger partial charge in [0, 0.05) is 12.8 Å². The average Bonchev–Trinajstić information content (AvgIpc) is 3.30. The lowest BCUT2D eigenvalue weighted by Crippen LogP contribution is -2.60. The fraction of sp³-hybridized carbons (Fsp3) is 0.852. The molecule has 65 heavy (non-hydrogen) atoms. The summed E-state index contributed by atoms with van der Waals surface area (Å²) in [6.45, 7) is 4.22. The van der Waals surface area contributed by atoms with Crippen molar-refractivity contribution in [3.05, 3.63) is 36.5 Å². The molecule has 1 rings (SSSR count). The van der Waals surface area contributed by atoms with E-state index in [2.05, 4.69) is 43.5 Å². The third-order valence-corrected chi connectivity index (χ3v) is 12.5. The molecule has 0 aromatic carbocycles. The highest BCUT2D eigenvalue weighted by atomic mass is 16.7. The molecule has 1 aliphatic heterocycles. The summed E-state index contributed by atoms with van der Waals surface area (Å²) in [6.07, 6.45) is 42.2. The minimum absolute atomic E-state index is 0.0253. The molecule has 0 bridgehead atoms. The average molecular weight is 922 g/mol. The molecule has 1 saturated heterocycles. The summed E-state index contributed by atoms with van der Waals surface area (Å²) in [5.74, 6) is -0.234. The number of carbonyl (C=O) groups is 2. The van der Waals surface area contributed by atoms with Gasteiger partial charge >= 0.3 is 5.97 Å². The Morgan fingerprint density at radius 3 is 1.51 bits per heavy atom. The number of nitrogens with one attached hydrogen (secondary N) is 1. The number of esters is 1. The van der Waals surface area contributed by atoms with Gasteiger partial charge in [-0.25, -0.2) is 0 Å². The second-order valence-electron chi connectivity index (χ2n) is 18.6. The molecule has 0 radical (unpaired) electrons. The first-order valence-electron chi connectivity index (χ1n) is 26.8. The number of carbonyl (C=O) groups excluding carboxylic acids is 2. The molecule has 1 aliphatic rings. The van der Waals surface area contributed by atoms with E-state index in [-0.39, 0.29) is 18.5 Å². The Kier molecular flexibility index (Phi) is 41.6. The van der Waals surface area contributed by atoms with Gasteiger partial charge < -0.3 is 45.1 Å². The van der Waals surface area contributed by atoms with Gasteiger partial charge in [-0.3, -0.25) is 9.59 Å². The fourth-order valence-electron chi connectivity index (χ4n) is 8.16. The standard InChI is InChI=1S/C54H99NO10/c1-3-5-7-9-11-13-15-21-24-28-32-36-40-47(57)46(45-64-54-53(62)52(61)51(60)48(44-56)65-54)55-49(58)41-37-33-29-25-22-18-16-17-19-23-27-31-35-39-43-63-50(59)42-38-34-30-26-20-14-12-10-8-6-4-2/h9,11,21,24,36,40,46-48,51-54,56-57,60-62H,3-8,10,12-20,22-23,25-35,37-39,41-45H2,1-2H3,(H,55,58)/b11-9+,24-21+,40-36+. The van der Waals surface area contributed by atoms with E-state index in [0.29, 0.717) is 19.4 Å². The van der Waals surface area contributed by atoms with Gasteiger partial charge in [0.25, 0.3) is 0 Å². The SMILES string of the molecule is CCCC/C=C/CC/C=C/CC/C=C/C(O)C(COC1OC(CO)C(O)C(O)C1O)NC(=O)CCCCCCCCCCCCCCCCOC(=O)CCCCCCCCCCCCC. The predicted molar refractivity (Wildman–Crippen MR) is 264 cm³/mol. The molecule has 1 fully saturated rings. The van der Waals surface area contributed by atoms with Crippen LogP contribution in [0.1, 0.15) is 232 Å². The predicted octanol–water partition coefficient (Wildman–Crippen LogP) is 11.2. The van der Waals surface area contributed by atoms with Crippen LogP contribution >= 0.6 is 0 Å². The van der Waals surface area contributed by atoms with Crippen LogP contribution in [0.25, 0.3) is 0 Å². The summed E-state index contributed by atoms with van der Waals surface area (Å²) in [5, 5.41) is 54.2. The van der Waals surface area contributed by atoms with Crippen molar-refractivity contribution in [2.24, 2.45) is 0 Å². The largest absolute Gasteiger partial charge is 0.466 e. The lowest BCUT2D eigenvalue weighted by molar-refractivity contribution is -0.302. The lowest BCUT2D eigenvalue weighted by atomic mass is 9.99. The number of unbranched alkanes of at least 4 members (excludes halogenated alkanes) is 27. The van der Waals surface area contributed by atoms with E-state index < -0.39 is 49.5 Å². The smallest absolute Gasteiger partial charge is 0.305 e. The summed E-state index contributed by atoms with van der Waals surface area (Å²) >= 11 is 0. The monoisotopic (exact) mass is 922 g/mol. The molecule has 0 aromatic heterocycles. The van der Waals surface area contributed by atoms with E-state index >= 15 is 0 Å². The molecule has 0 aromatic rings. The summed E-state index contributed by atoms with van der Waals surface area (Å²) in [4.78, 5) is 25.0. The first-order valence-corrected chi connectivity index (χ1v) is 26.8. The van der Waals surface area contributed by atoms with Crippen LogP contribution in [-0.4, -0.2) is 100 Å². The van der Waals surface area contributed by atoms with Gasteiger partial charge in [-0.1, -0.05) is 204 Å².